The molecule has 0 fully saturated rings. The Bertz CT molecular complexity index is 544. The van der Waals surface area contributed by atoms with E-state index in [0.29, 0.717) is 12.8 Å². The van der Waals surface area contributed by atoms with E-state index in [4.69, 9.17) is 5.11 Å². The Balaban J connectivity index is 2.87. The second kappa shape index (κ2) is 8.59. The molecule has 130 valence electrons. The van der Waals surface area contributed by atoms with Crippen LogP contribution in [0.2, 0.25) is 0 Å². The Kier molecular flexibility index (Phi) is 7.12. The number of nitrogens with zero attached hydrogens (tertiary/aromatic N) is 2. The normalized spacial score (nSPS) is 12.7. The molecule has 0 spiro atoms. The van der Waals surface area contributed by atoms with Gasteiger partial charge in [-0.15, -0.1) is 0 Å². The van der Waals surface area contributed by atoms with Gasteiger partial charge >= 0.3 is 5.97 Å². The molecule has 0 saturated heterocycles. The summed E-state index contributed by atoms with van der Waals surface area (Å²) in [5, 5.41) is 15.3. The highest BCUT2D eigenvalue weighted by Gasteiger charge is 2.26. The number of amides is 1. The second-order valence-corrected chi connectivity index (χ2v) is 5.85. The van der Waals surface area contributed by atoms with Crippen molar-refractivity contribution in [3.63, 3.8) is 0 Å². The van der Waals surface area contributed by atoms with E-state index in [-0.39, 0.29) is 24.6 Å². The zero-order valence-electron chi connectivity index (χ0n) is 13.6. The van der Waals surface area contributed by atoms with Crippen LogP contribution in [0.15, 0.2) is 6.20 Å². The summed E-state index contributed by atoms with van der Waals surface area (Å²) in [5.74, 6) is -2.37. The SMILES string of the molecule is CCCC(CNC(=O)c1cnn(CC(C)C)c1C(F)F)C(=O)O. The van der Waals surface area contributed by atoms with Crippen molar-refractivity contribution in [2.24, 2.45) is 11.8 Å². The highest BCUT2D eigenvalue weighted by Crippen LogP contribution is 2.23. The Morgan fingerprint density at radius 2 is 2.04 bits per heavy atom. The van der Waals surface area contributed by atoms with Gasteiger partial charge in [-0.3, -0.25) is 14.3 Å². The number of nitrogens with one attached hydrogen (secondary N) is 1. The molecule has 1 rings (SSSR count). The number of hydrogen-bond acceptors (Lipinski definition) is 3. The van der Waals surface area contributed by atoms with Crippen LogP contribution in [-0.4, -0.2) is 33.3 Å². The van der Waals surface area contributed by atoms with Crippen LogP contribution in [0.4, 0.5) is 8.78 Å². The monoisotopic (exact) mass is 331 g/mol. The van der Waals surface area contributed by atoms with Crippen LogP contribution >= 0.6 is 0 Å². The first-order valence-corrected chi connectivity index (χ1v) is 7.62. The molecule has 0 radical (unpaired) electrons. The lowest BCUT2D eigenvalue weighted by molar-refractivity contribution is -0.141. The average molecular weight is 331 g/mol. The Morgan fingerprint density at radius 3 is 2.52 bits per heavy atom. The van der Waals surface area contributed by atoms with E-state index in [2.05, 4.69) is 10.4 Å². The average Bonchev–Trinajstić information content (AvgIpc) is 2.85. The summed E-state index contributed by atoms with van der Waals surface area (Å²) in [7, 11) is 0. The number of hydrogen-bond donors (Lipinski definition) is 2. The van der Waals surface area contributed by atoms with Crippen molar-refractivity contribution >= 4 is 11.9 Å². The van der Waals surface area contributed by atoms with Crippen LogP contribution in [-0.2, 0) is 11.3 Å². The van der Waals surface area contributed by atoms with Gasteiger partial charge in [-0.2, -0.15) is 5.10 Å². The molecule has 0 aliphatic heterocycles. The highest BCUT2D eigenvalue weighted by molar-refractivity contribution is 5.95. The minimum Gasteiger partial charge on any atom is -0.481 e. The molecule has 1 heterocycles. The fourth-order valence-corrected chi connectivity index (χ4v) is 2.26. The summed E-state index contributed by atoms with van der Waals surface area (Å²) < 4.78 is 27.6. The molecule has 1 aromatic heterocycles. The number of aliphatic carboxylic acids is 1. The van der Waals surface area contributed by atoms with Crippen LogP contribution < -0.4 is 5.32 Å². The third kappa shape index (κ3) is 5.30. The highest BCUT2D eigenvalue weighted by atomic mass is 19.3. The Hall–Kier alpha value is -1.99. The molecule has 23 heavy (non-hydrogen) atoms. The van der Waals surface area contributed by atoms with Gasteiger partial charge in [0.1, 0.15) is 5.69 Å². The number of carboxylic acids is 1. The van der Waals surface area contributed by atoms with E-state index in [0.717, 1.165) is 10.9 Å². The van der Waals surface area contributed by atoms with Crippen molar-refractivity contribution < 1.29 is 23.5 Å². The van der Waals surface area contributed by atoms with Crippen molar-refractivity contribution in [3.8, 4) is 0 Å². The van der Waals surface area contributed by atoms with E-state index in [1.807, 2.05) is 20.8 Å². The van der Waals surface area contributed by atoms with Gasteiger partial charge in [-0.1, -0.05) is 27.2 Å². The maximum atomic E-state index is 13.2. The van der Waals surface area contributed by atoms with Crippen molar-refractivity contribution in [1.82, 2.24) is 15.1 Å². The fraction of sp³-hybridized carbons (Fsp3) is 0.667. The van der Waals surface area contributed by atoms with Gasteiger partial charge in [0.2, 0.25) is 0 Å². The van der Waals surface area contributed by atoms with Gasteiger partial charge in [0.15, 0.2) is 0 Å². The fourth-order valence-electron chi connectivity index (χ4n) is 2.26. The third-order valence-corrected chi connectivity index (χ3v) is 3.37. The molecule has 0 saturated carbocycles. The summed E-state index contributed by atoms with van der Waals surface area (Å²) in [5.41, 5.74) is -0.639. The van der Waals surface area contributed by atoms with E-state index in [1.54, 1.807) is 0 Å². The number of rotatable bonds is 9. The Morgan fingerprint density at radius 1 is 1.39 bits per heavy atom. The van der Waals surface area contributed by atoms with Gasteiger partial charge in [-0.05, 0) is 12.3 Å². The van der Waals surface area contributed by atoms with Gasteiger partial charge < -0.3 is 10.4 Å². The predicted molar refractivity (Wildman–Crippen MR) is 80.4 cm³/mol. The maximum absolute atomic E-state index is 13.2. The number of aromatic nitrogens is 2. The van der Waals surface area contributed by atoms with Crippen LogP contribution in [0.3, 0.4) is 0 Å². The zero-order valence-corrected chi connectivity index (χ0v) is 13.6. The van der Waals surface area contributed by atoms with Gasteiger partial charge in [-0.25, -0.2) is 8.78 Å². The molecule has 1 atom stereocenters. The minimum absolute atomic E-state index is 0.0972. The standard InChI is InChI=1S/C15H23F2N3O3/c1-4-5-10(15(22)23)6-18-14(21)11-7-19-20(8-9(2)3)12(11)13(16)17/h7,9-10,13H,4-6,8H2,1-3H3,(H,18,21)(H,22,23). The molecular weight excluding hydrogens is 308 g/mol. The molecule has 1 aromatic rings. The van der Waals surface area contributed by atoms with E-state index in [9.17, 15) is 18.4 Å². The smallest absolute Gasteiger partial charge is 0.308 e. The summed E-state index contributed by atoms with van der Waals surface area (Å²) >= 11 is 0. The van der Waals surface area contributed by atoms with Crippen LogP contribution in [0.5, 0.6) is 0 Å². The largest absolute Gasteiger partial charge is 0.481 e. The first-order chi connectivity index (χ1) is 10.8. The van der Waals surface area contributed by atoms with E-state index < -0.39 is 29.9 Å². The number of alkyl halides is 2. The molecule has 0 aromatic carbocycles. The summed E-state index contributed by atoms with van der Waals surface area (Å²) in [6.45, 7) is 5.74. The lowest BCUT2D eigenvalue weighted by Crippen LogP contribution is -2.33. The number of carbonyl (C=O) groups excluding carboxylic acids is 1. The Labute approximate surface area is 133 Å². The molecule has 0 aliphatic rings. The summed E-state index contributed by atoms with van der Waals surface area (Å²) in [4.78, 5) is 23.2. The quantitative estimate of drug-likeness (QED) is 0.729. The number of carbonyl (C=O) groups is 2. The molecule has 0 aliphatic carbocycles. The molecule has 8 heteroatoms. The van der Waals surface area contributed by atoms with Gasteiger partial charge in [0, 0.05) is 13.1 Å². The summed E-state index contributed by atoms with van der Waals surface area (Å²) in [6.07, 6.45) is -0.664. The van der Waals surface area contributed by atoms with Crippen LogP contribution in [0.1, 0.15) is 56.1 Å². The molecular formula is C15H23F2N3O3. The first-order valence-electron chi connectivity index (χ1n) is 7.62. The molecule has 1 amide bonds. The molecule has 1 unspecified atom stereocenters. The summed E-state index contributed by atoms with van der Waals surface area (Å²) in [6, 6.07) is 0. The van der Waals surface area contributed by atoms with E-state index in [1.165, 1.54) is 0 Å². The van der Waals surface area contributed by atoms with Crippen molar-refractivity contribution in [2.45, 2.75) is 46.6 Å². The van der Waals surface area contributed by atoms with Crippen molar-refractivity contribution in [3.05, 3.63) is 17.5 Å². The van der Waals surface area contributed by atoms with Gasteiger partial charge in [0.05, 0.1) is 17.7 Å². The van der Waals surface area contributed by atoms with Crippen molar-refractivity contribution in [1.29, 1.82) is 0 Å². The minimum atomic E-state index is -2.83. The maximum Gasteiger partial charge on any atom is 0.308 e. The number of carboxylic acid groups (broad SMARTS) is 1. The second-order valence-electron chi connectivity index (χ2n) is 5.85. The van der Waals surface area contributed by atoms with Crippen molar-refractivity contribution in [2.75, 3.05) is 6.54 Å². The molecule has 6 nitrogen and oxygen atoms in total. The van der Waals surface area contributed by atoms with Gasteiger partial charge in [0.25, 0.3) is 12.3 Å². The molecule has 0 bridgehead atoms. The third-order valence-electron chi connectivity index (χ3n) is 3.37. The van der Waals surface area contributed by atoms with Crippen LogP contribution in [0.25, 0.3) is 0 Å². The first kappa shape index (κ1) is 19.1. The molecule has 2 N–H and O–H groups in total. The lowest BCUT2D eigenvalue weighted by atomic mass is 10.0. The number of halogens is 2. The lowest BCUT2D eigenvalue weighted by Gasteiger charge is -2.13. The van der Waals surface area contributed by atoms with Crippen LogP contribution in [0, 0.1) is 11.8 Å². The predicted octanol–water partition coefficient (Wildman–Crippen LogP) is 2.71. The topological polar surface area (TPSA) is 84.2 Å². The van der Waals surface area contributed by atoms with E-state index >= 15 is 0 Å². The zero-order chi connectivity index (χ0) is 17.6.